The Morgan fingerprint density at radius 1 is 1.19 bits per heavy atom. The van der Waals surface area contributed by atoms with Crippen LogP contribution >= 0.6 is 11.8 Å². The summed E-state index contributed by atoms with van der Waals surface area (Å²) in [4.78, 5) is 12.2. The fraction of sp³-hybridized carbons (Fsp3) is 0.250. The van der Waals surface area contributed by atoms with E-state index in [9.17, 15) is 9.18 Å². The molecule has 0 saturated heterocycles. The van der Waals surface area contributed by atoms with E-state index in [1.54, 1.807) is 22.8 Å². The number of halogens is 1. The van der Waals surface area contributed by atoms with Gasteiger partial charge in [-0.05, 0) is 37.5 Å². The lowest BCUT2D eigenvalue weighted by molar-refractivity contribution is -0.119. The van der Waals surface area contributed by atoms with Gasteiger partial charge in [0.2, 0.25) is 5.91 Å². The molecule has 0 aliphatic carbocycles. The first kappa shape index (κ1) is 19.1. The summed E-state index contributed by atoms with van der Waals surface area (Å²) in [5.74, 6) is -0.246. The number of benzene rings is 2. The average molecular weight is 384 g/mol. The SMILES string of the molecule is C[C@@H](CCc1ccccc1)NC(=O)CSc1nncn1-c1ccccc1F. The molecule has 0 aliphatic heterocycles. The molecule has 3 rings (SSSR count). The van der Waals surface area contributed by atoms with Crippen molar-refractivity contribution in [2.75, 3.05) is 5.75 Å². The maximum Gasteiger partial charge on any atom is 0.230 e. The summed E-state index contributed by atoms with van der Waals surface area (Å²) in [5, 5.41) is 11.3. The predicted molar refractivity (Wildman–Crippen MR) is 104 cm³/mol. The van der Waals surface area contributed by atoms with Gasteiger partial charge in [-0.15, -0.1) is 10.2 Å². The van der Waals surface area contributed by atoms with Crippen LogP contribution in [0.15, 0.2) is 66.1 Å². The van der Waals surface area contributed by atoms with Crippen LogP contribution < -0.4 is 5.32 Å². The molecule has 0 unspecified atom stereocenters. The van der Waals surface area contributed by atoms with Crippen molar-refractivity contribution in [2.24, 2.45) is 0 Å². The predicted octanol–water partition coefficient (Wildman–Crippen LogP) is 3.64. The molecular formula is C20H21FN4OS. The van der Waals surface area contributed by atoms with Gasteiger partial charge in [0, 0.05) is 6.04 Å². The Bertz CT molecular complexity index is 884. The van der Waals surface area contributed by atoms with Gasteiger partial charge in [0.25, 0.3) is 0 Å². The molecule has 1 aromatic heterocycles. The minimum Gasteiger partial charge on any atom is -0.353 e. The number of hydrogen-bond donors (Lipinski definition) is 1. The van der Waals surface area contributed by atoms with Gasteiger partial charge in [-0.2, -0.15) is 0 Å². The molecule has 140 valence electrons. The molecule has 7 heteroatoms. The number of carbonyl (C=O) groups is 1. The number of aromatic nitrogens is 3. The Labute approximate surface area is 162 Å². The van der Waals surface area contributed by atoms with Crippen LogP contribution in [-0.2, 0) is 11.2 Å². The normalized spacial score (nSPS) is 11.9. The molecule has 1 N–H and O–H groups in total. The summed E-state index contributed by atoms with van der Waals surface area (Å²) in [6.45, 7) is 1.99. The third-order valence-corrected chi connectivity index (χ3v) is 5.02. The molecule has 1 amide bonds. The number of nitrogens with one attached hydrogen (secondary N) is 1. The van der Waals surface area contributed by atoms with E-state index >= 15 is 0 Å². The van der Waals surface area contributed by atoms with Crippen LogP contribution in [0.4, 0.5) is 4.39 Å². The number of amides is 1. The first-order valence-corrected chi connectivity index (χ1v) is 9.73. The van der Waals surface area contributed by atoms with Crippen molar-refractivity contribution < 1.29 is 9.18 Å². The molecule has 0 spiro atoms. The van der Waals surface area contributed by atoms with Crippen molar-refractivity contribution in [1.29, 1.82) is 0 Å². The lowest BCUT2D eigenvalue weighted by Crippen LogP contribution is -2.34. The summed E-state index contributed by atoms with van der Waals surface area (Å²) in [6.07, 6.45) is 3.23. The zero-order valence-electron chi connectivity index (χ0n) is 15.0. The van der Waals surface area contributed by atoms with Gasteiger partial charge in [-0.3, -0.25) is 9.36 Å². The maximum absolute atomic E-state index is 14.0. The zero-order chi connectivity index (χ0) is 19.1. The highest BCUT2D eigenvalue weighted by molar-refractivity contribution is 7.99. The number of aryl methyl sites for hydroxylation is 1. The molecule has 2 aromatic carbocycles. The molecule has 0 radical (unpaired) electrons. The van der Waals surface area contributed by atoms with Gasteiger partial charge in [-0.1, -0.05) is 54.2 Å². The van der Waals surface area contributed by atoms with Crippen molar-refractivity contribution in [3.63, 3.8) is 0 Å². The third-order valence-electron chi connectivity index (χ3n) is 4.08. The Morgan fingerprint density at radius 3 is 2.70 bits per heavy atom. The number of carbonyl (C=O) groups excluding carboxylic acids is 1. The Kier molecular flexibility index (Phi) is 6.59. The summed E-state index contributed by atoms with van der Waals surface area (Å²) in [6, 6.07) is 16.7. The topological polar surface area (TPSA) is 59.8 Å². The second-order valence-electron chi connectivity index (χ2n) is 6.22. The third kappa shape index (κ3) is 5.40. The van der Waals surface area contributed by atoms with E-state index in [0.29, 0.717) is 10.8 Å². The molecular weight excluding hydrogens is 363 g/mol. The van der Waals surface area contributed by atoms with Crippen molar-refractivity contribution in [1.82, 2.24) is 20.1 Å². The Morgan fingerprint density at radius 2 is 1.93 bits per heavy atom. The number of thioether (sulfide) groups is 1. The quantitative estimate of drug-likeness (QED) is 0.603. The fourth-order valence-electron chi connectivity index (χ4n) is 2.68. The molecule has 0 fully saturated rings. The fourth-order valence-corrected chi connectivity index (χ4v) is 3.41. The van der Waals surface area contributed by atoms with Gasteiger partial charge < -0.3 is 5.32 Å². The van der Waals surface area contributed by atoms with Crippen LogP contribution in [0.2, 0.25) is 0 Å². The average Bonchev–Trinajstić information content (AvgIpc) is 3.14. The van der Waals surface area contributed by atoms with Gasteiger partial charge in [0.15, 0.2) is 5.16 Å². The first-order chi connectivity index (χ1) is 13.1. The van der Waals surface area contributed by atoms with Crippen LogP contribution in [-0.4, -0.2) is 32.5 Å². The Balaban J connectivity index is 1.50. The van der Waals surface area contributed by atoms with Crippen LogP contribution in [0, 0.1) is 5.82 Å². The zero-order valence-corrected chi connectivity index (χ0v) is 15.8. The van der Waals surface area contributed by atoms with E-state index in [2.05, 4.69) is 27.6 Å². The smallest absolute Gasteiger partial charge is 0.230 e. The van der Waals surface area contributed by atoms with E-state index in [4.69, 9.17) is 0 Å². The van der Waals surface area contributed by atoms with Crippen molar-refractivity contribution in [3.8, 4) is 5.69 Å². The van der Waals surface area contributed by atoms with Crippen LogP contribution in [0.3, 0.4) is 0 Å². The summed E-state index contributed by atoms with van der Waals surface area (Å²) in [7, 11) is 0. The number of nitrogens with zero attached hydrogens (tertiary/aromatic N) is 3. The highest BCUT2D eigenvalue weighted by Gasteiger charge is 2.14. The molecule has 1 atom stereocenters. The minimum atomic E-state index is -0.363. The lowest BCUT2D eigenvalue weighted by Gasteiger charge is -2.14. The van der Waals surface area contributed by atoms with Crippen LogP contribution in [0.5, 0.6) is 0 Å². The van der Waals surface area contributed by atoms with Crippen molar-refractivity contribution in [2.45, 2.75) is 31.0 Å². The first-order valence-electron chi connectivity index (χ1n) is 8.74. The highest BCUT2D eigenvalue weighted by Crippen LogP contribution is 2.21. The molecule has 5 nitrogen and oxygen atoms in total. The molecule has 0 saturated carbocycles. The summed E-state index contributed by atoms with van der Waals surface area (Å²) >= 11 is 1.23. The summed E-state index contributed by atoms with van der Waals surface area (Å²) < 4.78 is 15.5. The van der Waals surface area contributed by atoms with Gasteiger partial charge in [-0.25, -0.2) is 4.39 Å². The molecule has 1 heterocycles. The molecule has 27 heavy (non-hydrogen) atoms. The van der Waals surface area contributed by atoms with Gasteiger partial charge in [0.05, 0.1) is 11.4 Å². The van der Waals surface area contributed by atoms with E-state index in [0.717, 1.165) is 12.8 Å². The van der Waals surface area contributed by atoms with Gasteiger partial charge in [0.1, 0.15) is 12.1 Å². The molecule has 3 aromatic rings. The van der Waals surface area contributed by atoms with Crippen LogP contribution in [0.25, 0.3) is 5.69 Å². The number of rotatable bonds is 8. The monoisotopic (exact) mass is 384 g/mol. The van der Waals surface area contributed by atoms with E-state index in [-0.39, 0.29) is 23.5 Å². The second-order valence-corrected chi connectivity index (χ2v) is 7.16. The minimum absolute atomic E-state index is 0.0720. The standard InChI is InChI=1S/C20H21FN4OS/c1-15(11-12-16-7-3-2-4-8-16)23-19(26)13-27-20-24-22-14-25(20)18-10-6-5-9-17(18)21/h2-10,14-15H,11-13H2,1H3,(H,23,26)/t15-/m0/s1. The highest BCUT2D eigenvalue weighted by atomic mass is 32.2. The van der Waals surface area contributed by atoms with E-state index in [1.807, 2.05) is 25.1 Å². The van der Waals surface area contributed by atoms with Crippen molar-refractivity contribution in [3.05, 3.63) is 72.3 Å². The van der Waals surface area contributed by atoms with E-state index < -0.39 is 0 Å². The van der Waals surface area contributed by atoms with E-state index in [1.165, 1.54) is 29.7 Å². The largest absolute Gasteiger partial charge is 0.353 e. The maximum atomic E-state index is 14.0. The Hall–Kier alpha value is -2.67. The van der Waals surface area contributed by atoms with Crippen molar-refractivity contribution >= 4 is 17.7 Å². The lowest BCUT2D eigenvalue weighted by atomic mass is 10.1. The number of para-hydroxylation sites is 1. The number of hydrogen-bond acceptors (Lipinski definition) is 4. The van der Waals surface area contributed by atoms with Crippen LogP contribution in [0.1, 0.15) is 18.9 Å². The molecule has 0 bridgehead atoms. The van der Waals surface area contributed by atoms with Gasteiger partial charge >= 0.3 is 0 Å². The second kappa shape index (κ2) is 9.32. The molecule has 0 aliphatic rings. The summed E-state index contributed by atoms with van der Waals surface area (Å²) in [5.41, 5.74) is 1.62.